The molecule has 13 heteroatoms. The van der Waals surface area contributed by atoms with Crippen LogP contribution in [-0.2, 0) is 0 Å². The summed E-state index contributed by atoms with van der Waals surface area (Å²) in [7, 11) is 0. The van der Waals surface area contributed by atoms with E-state index in [-0.39, 0.29) is 23.2 Å². The highest BCUT2D eigenvalue weighted by molar-refractivity contribution is 5.90. The van der Waals surface area contributed by atoms with E-state index in [2.05, 4.69) is 15.6 Å². The normalized spacial score (nSPS) is 13.6. The number of alkyl halides is 3. The van der Waals surface area contributed by atoms with Crippen molar-refractivity contribution in [2.75, 3.05) is 23.8 Å². The van der Waals surface area contributed by atoms with Gasteiger partial charge in [0.1, 0.15) is 11.6 Å². The molecule has 0 bridgehead atoms. The van der Waals surface area contributed by atoms with E-state index in [1.165, 1.54) is 25.4 Å². The number of hydrogen-bond donors (Lipinski definition) is 5. The maximum Gasteiger partial charge on any atom is 0.416 e. The minimum atomic E-state index is -5.02. The molecule has 0 unspecified atom stereocenters. The van der Waals surface area contributed by atoms with Crippen molar-refractivity contribution < 1.29 is 41.4 Å². The Morgan fingerprint density at radius 3 is 2.55 bits per heavy atom. The number of rotatable bonds is 7. The van der Waals surface area contributed by atoms with E-state index in [1.54, 1.807) is 5.32 Å². The van der Waals surface area contributed by atoms with Crippen LogP contribution in [0.5, 0.6) is 0 Å². The molecule has 1 aromatic carbocycles. The molecule has 2 aromatic heterocycles. The van der Waals surface area contributed by atoms with E-state index in [0.717, 1.165) is 6.07 Å². The maximum atomic E-state index is 14.0. The number of urea groups is 1. The van der Waals surface area contributed by atoms with E-state index in [1.807, 2.05) is 0 Å². The van der Waals surface area contributed by atoms with Gasteiger partial charge < -0.3 is 30.6 Å². The summed E-state index contributed by atoms with van der Waals surface area (Å²) in [5.74, 6) is -2.95. The smallest absolute Gasteiger partial charge is 0.416 e. The summed E-state index contributed by atoms with van der Waals surface area (Å²) >= 11 is 0. The molecule has 2 heterocycles. The van der Waals surface area contributed by atoms with Crippen molar-refractivity contribution in [1.82, 2.24) is 10.3 Å². The molecule has 8 nitrogen and oxygen atoms in total. The van der Waals surface area contributed by atoms with Crippen LogP contribution in [0.15, 0.2) is 35.0 Å². The van der Waals surface area contributed by atoms with Crippen LogP contribution in [0.4, 0.5) is 38.1 Å². The zero-order chi connectivity index (χ0) is 24.3. The van der Waals surface area contributed by atoms with Gasteiger partial charge in [0, 0.05) is 23.6 Å². The molecule has 0 spiro atoms. The van der Waals surface area contributed by atoms with Gasteiger partial charge in [-0.3, -0.25) is 4.98 Å². The number of carbonyl (C=O) groups excluding carboxylic acids is 1. The van der Waals surface area contributed by atoms with Crippen molar-refractivity contribution in [1.29, 1.82) is 0 Å². The molecule has 5 N–H and O–H groups in total. The van der Waals surface area contributed by atoms with E-state index < -0.39 is 53.9 Å². The predicted octanol–water partition coefficient (Wildman–Crippen LogP) is 3.60. The fourth-order valence-electron chi connectivity index (χ4n) is 3.04. The molecule has 0 aliphatic heterocycles. The highest BCUT2D eigenvalue weighted by atomic mass is 19.4. The molecule has 2 amide bonds. The topological polar surface area (TPSA) is 120 Å². The number of aliphatic hydroxyl groups is 2. The number of aryl methyl sites for hydroxylation is 1. The standard InChI is InChI=1S/C20H19F5N4O4/c1-9-14-2-10(21)3-15(22)17(14)33-16(9)18(20(23,24)25)29-19(32)28-12-4-11(5-26-6-12)27-7-13(31)8-30/h2-6,13,18,27,30-31H,7-8H2,1H3,(H2,28,29,32)/t13-,18-/m1/s1. The van der Waals surface area contributed by atoms with Gasteiger partial charge in [0.25, 0.3) is 0 Å². The molecule has 2 atom stereocenters. The first-order valence-electron chi connectivity index (χ1n) is 9.49. The van der Waals surface area contributed by atoms with Crippen LogP contribution in [-0.4, -0.2) is 46.7 Å². The van der Waals surface area contributed by atoms with Crippen molar-refractivity contribution in [3.05, 3.63) is 53.6 Å². The first-order chi connectivity index (χ1) is 15.5. The van der Waals surface area contributed by atoms with Crippen LogP contribution < -0.4 is 16.0 Å². The molecule has 0 fully saturated rings. The number of halogens is 5. The lowest BCUT2D eigenvalue weighted by molar-refractivity contribution is -0.158. The first kappa shape index (κ1) is 24.2. The number of pyridine rings is 1. The number of benzene rings is 1. The molecule has 0 saturated heterocycles. The molecule has 0 aliphatic rings. The van der Waals surface area contributed by atoms with Gasteiger partial charge in [0.05, 0.1) is 36.5 Å². The Hall–Kier alpha value is -3.45. The van der Waals surface area contributed by atoms with Crippen molar-refractivity contribution in [2.24, 2.45) is 0 Å². The molecule has 33 heavy (non-hydrogen) atoms. The third kappa shape index (κ3) is 5.68. The molecular formula is C20H19F5N4O4. The number of nitrogens with zero attached hydrogens (tertiary/aromatic N) is 1. The minimum absolute atomic E-state index is 0.0198. The van der Waals surface area contributed by atoms with Crippen LogP contribution in [0, 0.1) is 18.6 Å². The first-order valence-corrected chi connectivity index (χ1v) is 9.49. The number of aromatic nitrogens is 1. The maximum absolute atomic E-state index is 14.0. The van der Waals surface area contributed by atoms with E-state index in [4.69, 9.17) is 9.52 Å². The molecule has 0 saturated carbocycles. The number of nitrogens with one attached hydrogen (secondary N) is 3. The summed E-state index contributed by atoms with van der Waals surface area (Å²) in [5, 5.41) is 24.6. The van der Waals surface area contributed by atoms with E-state index >= 15 is 0 Å². The third-order valence-electron chi connectivity index (χ3n) is 4.61. The Labute approximate surface area is 183 Å². The summed E-state index contributed by atoms with van der Waals surface area (Å²) in [5.41, 5.74) is -0.403. The van der Waals surface area contributed by atoms with Crippen molar-refractivity contribution >= 4 is 28.4 Å². The molecule has 0 aliphatic carbocycles. The number of carbonyl (C=O) groups is 1. The second-order valence-electron chi connectivity index (χ2n) is 7.11. The SMILES string of the molecule is Cc1c([C@@H](NC(=O)Nc2cncc(NC[C@@H](O)CO)c2)C(F)(F)F)oc2c(F)cc(F)cc12. The average Bonchev–Trinajstić information content (AvgIpc) is 3.06. The minimum Gasteiger partial charge on any atom is -0.455 e. The molecule has 178 valence electrons. The lowest BCUT2D eigenvalue weighted by Gasteiger charge is -2.21. The molecule has 3 aromatic rings. The average molecular weight is 474 g/mol. The summed E-state index contributed by atoms with van der Waals surface area (Å²) in [6.07, 6.45) is -3.58. The zero-order valence-electron chi connectivity index (χ0n) is 17.0. The monoisotopic (exact) mass is 474 g/mol. The van der Waals surface area contributed by atoms with Gasteiger partial charge in [-0.05, 0) is 19.1 Å². The zero-order valence-corrected chi connectivity index (χ0v) is 17.0. The molecular weight excluding hydrogens is 455 g/mol. The second-order valence-corrected chi connectivity index (χ2v) is 7.11. The Bertz CT molecular complexity index is 1150. The van der Waals surface area contributed by atoms with Crippen molar-refractivity contribution in [3.63, 3.8) is 0 Å². The van der Waals surface area contributed by atoms with Crippen molar-refractivity contribution in [2.45, 2.75) is 25.2 Å². The van der Waals surface area contributed by atoms with Gasteiger partial charge in [-0.25, -0.2) is 13.6 Å². The number of hydrogen-bond acceptors (Lipinski definition) is 6. The molecule has 0 radical (unpaired) electrons. The van der Waals surface area contributed by atoms with Crippen LogP contribution >= 0.6 is 0 Å². The third-order valence-corrected chi connectivity index (χ3v) is 4.61. The van der Waals surface area contributed by atoms with Gasteiger partial charge in [0.15, 0.2) is 17.4 Å². The fraction of sp³-hybridized carbons (Fsp3) is 0.300. The van der Waals surface area contributed by atoms with E-state index in [9.17, 15) is 31.9 Å². The number of furan rings is 1. The Morgan fingerprint density at radius 1 is 1.18 bits per heavy atom. The second kappa shape index (κ2) is 9.58. The van der Waals surface area contributed by atoms with Gasteiger partial charge >= 0.3 is 12.2 Å². The van der Waals surface area contributed by atoms with Gasteiger partial charge in [0.2, 0.25) is 0 Å². The van der Waals surface area contributed by atoms with Crippen LogP contribution in [0.2, 0.25) is 0 Å². The van der Waals surface area contributed by atoms with E-state index in [0.29, 0.717) is 11.8 Å². The highest BCUT2D eigenvalue weighted by Gasteiger charge is 2.45. The van der Waals surface area contributed by atoms with Gasteiger partial charge in [-0.2, -0.15) is 13.2 Å². The van der Waals surface area contributed by atoms with Crippen LogP contribution in [0.25, 0.3) is 11.0 Å². The summed E-state index contributed by atoms with van der Waals surface area (Å²) in [6.45, 7) is 0.669. The van der Waals surface area contributed by atoms with Gasteiger partial charge in [-0.15, -0.1) is 0 Å². The lowest BCUT2D eigenvalue weighted by atomic mass is 10.1. The quantitative estimate of drug-likeness (QED) is 0.334. The number of amides is 2. The lowest BCUT2D eigenvalue weighted by Crippen LogP contribution is -2.40. The Kier molecular flexibility index (Phi) is 7.03. The van der Waals surface area contributed by atoms with Crippen LogP contribution in [0.3, 0.4) is 0 Å². The fourth-order valence-corrected chi connectivity index (χ4v) is 3.04. The van der Waals surface area contributed by atoms with Crippen molar-refractivity contribution in [3.8, 4) is 0 Å². The summed E-state index contributed by atoms with van der Waals surface area (Å²) < 4.78 is 73.7. The summed E-state index contributed by atoms with van der Waals surface area (Å²) in [4.78, 5) is 16.1. The molecule has 3 rings (SSSR count). The summed E-state index contributed by atoms with van der Waals surface area (Å²) in [6, 6.07) is -1.26. The predicted molar refractivity (Wildman–Crippen MR) is 108 cm³/mol. The number of anilines is 2. The number of aliphatic hydroxyl groups excluding tert-OH is 2. The Balaban J connectivity index is 1.81. The van der Waals surface area contributed by atoms with Crippen LogP contribution in [0.1, 0.15) is 17.4 Å². The number of fused-ring (bicyclic) bond motifs is 1. The Morgan fingerprint density at radius 2 is 1.88 bits per heavy atom. The largest absolute Gasteiger partial charge is 0.455 e. The van der Waals surface area contributed by atoms with Gasteiger partial charge in [-0.1, -0.05) is 0 Å². The highest BCUT2D eigenvalue weighted by Crippen LogP contribution is 2.39.